The first kappa shape index (κ1) is 18.1. The highest BCUT2D eigenvalue weighted by atomic mass is 16.6. The van der Waals surface area contributed by atoms with Crippen LogP contribution in [0.25, 0.3) is 11.0 Å². The number of non-ortho nitro benzene ring substituents is 1. The van der Waals surface area contributed by atoms with Gasteiger partial charge in [-0.1, -0.05) is 12.1 Å². The molecule has 0 aliphatic heterocycles. The highest BCUT2D eigenvalue weighted by Crippen LogP contribution is 2.29. The molecule has 3 aromatic carbocycles. The maximum atomic E-state index is 11.7. The molecule has 0 atom stereocenters. The van der Waals surface area contributed by atoms with Gasteiger partial charge in [0.05, 0.1) is 22.1 Å². The van der Waals surface area contributed by atoms with E-state index in [-0.39, 0.29) is 5.69 Å². The number of para-hydroxylation sites is 1. The standard InChI is InChI=1S/C22H14N2O5/c25-22-13-21(19-3-1-2-4-20(19)29-22)28-18-11-7-16(8-12-18)23-14-15-5-9-17(10-6-15)24(26)27/h1-14H. The fourth-order valence-corrected chi connectivity index (χ4v) is 2.72. The molecule has 0 saturated carbocycles. The van der Waals surface area contributed by atoms with E-state index in [1.807, 2.05) is 12.1 Å². The van der Waals surface area contributed by atoms with Gasteiger partial charge < -0.3 is 9.15 Å². The van der Waals surface area contributed by atoms with Gasteiger partial charge in [0.15, 0.2) is 0 Å². The van der Waals surface area contributed by atoms with Gasteiger partial charge in [-0.3, -0.25) is 15.1 Å². The van der Waals surface area contributed by atoms with Crippen LogP contribution in [0.15, 0.2) is 93.1 Å². The van der Waals surface area contributed by atoms with Crippen LogP contribution >= 0.6 is 0 Å². The van der Waals surface area contributed by atoms with Gasteiger partial charge in [0.1, 0.15) is 17.1 Å². The first-order valence-corrected chi connectivity index (χ1v) is 8.68. The van der Waals surface area contributed by atoms with Crippen molar-refractivity contribution in [1.29, 1.82) is 0 Å². The summed E-state index contributed by atoms with van der Waals surface area (Å²) >= 11 is 0. The molecule has 1 aromatic heterocycles. The van der Waals surface area contributed by atoms with Crippen molar-refractivity contribution >= 4 is 28.6 Å². The normalized spacial score (nSPS) is 11.0. The Morgan fingerprint density at radius 3 is 2.41 bits per heavy atom. The molecular formula is C22H14N2O5. The molecule has 0 spiro atoms. The number of nitrogens with zero attached hydrogens (tertiary/aromatic N) is 2. The first-order valence-electron chi connectivity index (χ1n) is 8.68. The number of rotatable bonds is 5. The Kier molecular flexibility index (Phi) is 4.86. The summed E-state index contributed by atoms with van der Waals surface area (Å²) in [7, 11) is 0. The molecule has 0 radical (unpaired) electrons. The predicted molar refractivity (Wildman–Crippen MR) is 109 cm³/mol. The lowest BCUT2D eigenvalue weighted by Crippen LogP contribution is -1.98. The first-order chi connectivity index (χ1) is 14.1. The van der Waals surface area contributed by atoms with Crippen LogP contribution in [0.1, 0.15) is 5.56 Å². The van der Waals surface area contributed by atoms with E-state index >= 15 is 0 Å². The number of hydrogen-bond acceptors (Lipinski definition) is 6. The molecule has 7 heteroatoms. The molecule has 0 N–H and O–H groups in total. The fourth-order valence-electron chi connectivity index (χ4n) is 2.72. The number of hydrogen-bond donors (Lipinski definition) is 0. The van der Waals surface area contributed by atoms with Crippen molar-refractivity contribution in [2.24, 2.45) is 4.99 Å². The molecule has 0 bridgehead atoms. The van der Waals surface area contributed by atoms with Crippen LogP contribution in [0.4, 0.5) is 11.4 Å². The van der Waals surface area contributed by atoms with E-state index in [1.54, 1.807) is 54.7 Å². The maximum absolute atomic E-state index is 11.7. The third-order valence-electron chi connectivity index (χ3n) is 4.14. The number of nitro groups is 1. The summed E-state index contributed by atoms with van der Waals surface area (Å²) < 4.78 is 11.0. The second-order valence-electron chi connectivity index (χ2n) is 6.13. The second-order valence-corrected chi connectivity index (χ2v) is 6.13. The highest BCUT2D eigenvalue weighted by Gasteiger charge is 2.07. The third-order valence-corrected chi connectivity index (χ3v) is 4.14. The largest absolute Gasteiger partial charge is 0.456 e. The molecule has 7 nitrogen and oxygen atoms in total. The third kappa shape index (κ3) is 4.19. The summed E-state index contributed by atoms with van der Waals surface area (Å²) in [5.74, 6) is 0.967. The Labute approximate surface area is 164 Å². The lowest BCUT2D eigenvalue weighted by Gasteiger charge is -2.08. The van der Waals surface area contributed by atoms with Gasteiger partial charge in [0.25, 0.3) is 5.69 Å². The number of benzene rings is 3. The number of fused-ring (bicyclic) bond motifs is 1. The Balaban J connectivity index is 1.51. The summed E-state index contributed by atoms with van der Waals surface area (Å²) in [6.45, 7) is 0. The van der Waals surface area contributed by atoms with Crippen LogP contribution in [0.5, 0.6) is 11.5 Å². The highest BCUT2D eigenvalue weighted by molar-refractivity contribution is 5.83. The summed E-state index contributed by atoms with van der Waals surface area (Å²) in [4.78, 5) is 26.3. The molecule has 4 aromatic rings. The van der Waals surface area contributed by atoms with Crippen molar-refractivity contribution < 1.29 is 14.1 Å². The molecule has 0 aliphatic carbocycles. The molecule has 4 rings (SSSR count). The van der Waals surface area contributed by atoms with Crippen LogP contribution in [0.2, 0.25) is 0 Å². The van der Waals surface area contributed by atoms with Crippen LogP contribution in [0, 0.1) is 10.1 Å². The van der Waals surface area contributed by atoms with Crippen LogP contribution in [-0.4, -0.2) is 11.1 Å². The van der Waals surface area contributed by atoms with Crippen LogP contribution in [-0.2, 0) is 0 Å². The summed E-state index contributed by atoms with van der Waals surface area (Å²) in [5.41, 5.74) is 1.44. The lowest BCUT2D eigenvalue weighted by atomic mass is 10.2. The molecule has 1 heterocycles. The smallest absolute Gasteiger partial charge is 0.339 e. The van der Waals surface area contributed by atoms with Crippen molar-refractivity contribution in [3.05, 3.63) is 105 Å². The molecule has 0 saturated heterocycles. The van der Waals surface area contributed by atoms with E-state index < -0.39 is 10.5 Å². The van der Waals surface area contributed by atoms with E-state index in [0.717, 1.165) is 5.56 Å². The van der Waals surface area contributed by atoms with Crippen molar-refractivity contribution in [3.8, 4) is 11.5 Å². The average molecular weight is 386 g/mol. The van der Waals surface area contributed by atoms with Gasteiger partial charge in [0, 0.05) is 18.3 Å². The molecule has 142 valence electrons. The topological polar surface area (TPSA) is 94.9 Å². The van der Waals surface area contributed by atoms with Gasteiger partial charge in [-0.25, -0.2) is 4.79 Å². The van der Waals surface area contributed by atoms with Gasteiger partial charge in [0.2, 0.25) is 0 Å². The van der Waals surface area contributed by atoms with E-state index in [4.69, 9.17) is 9.15 Å². The number of ether oxygens (including phenoxy) is 1. The fraction of sp³-hybridized carbons (Fsp3) is 0. The molecule has 0 unspecified atom stereocenters. The van der Waals surface area contributed by atoms with Gasteiger partial charge in [-0.15, -0.1) is 0 Å². The second kappa shape index (κ2) is 7.77. The van der Waals surface area contributed by atoms with E-state index in [2.05, 4.69) is 4.99 Å². The van der Waals surface area contributed by atoms with Crippen molar-refractivity contribution in [2.45, 2.75) is 0 Å². The molecule has 29 heavy (non-hydrogen) atoms. The average Bonchev–Trinajstić information content (AvgIpc) is 2.73. The molecule has 0 fully saturated rings. The van der Waals surface area contributed by atoms with Crippen LogP contribution < -0.4 is 10.4 Å². The minimum Gasteiger partial charge on any atom is -0.456 e. The zero-order valence-corrected chi connectivity index (χ0v) is 15.0. The van der Waals surface area contributed by atoms with Crippen LogP contribution in [0.3, 0.4) is 0 Å². The van der Waals surface area contributed by atoms with E-state index in [0.29, 0.717) is 28.2 Å². The summed E-state index contributed by atoms with van der Waals surface area (Å²) in [5, 5.41) is 11.4. The Morgan fingerprint density at radius 2 is 1.69 bits per heavy atom. The van der Waals surface area contributed by atoms with Crippen molar-refractivity contribution in [2.75, 3.05) is 0 Å². The van der Waals surface area contributed by atoms with Gasteiger partial charge in [-0.05, 0) is 54.1 Å². The van der Waals surface area contributed by atoms with E-state index in [9.17, 15) is 14.9 Å². The molecular weight excluding hydrogens is 372 g/mol. The zero-order chi connectivity index (χ0) is 20.2. The molecule has 0 aliphatic rings. The monoisotopic (exact) mass is 386 g/mol. The minimum atomic E-state index is -0.483. The summed E-state index contributed by atoms with van der Waals surface area (Å²) in [6, 6.07) is 21.6. The lowest BCUT2D eigenvalue weighted by molar-refractivity contribution is -0.384. The Morgan fingerprint density at radius 1 is 0.966 bits per heavy atom. The van der Waals surface area contributed by atoms with Crippen molar-refractivity contribution in [3.63, 3.8) is 0 Å². The Bertz CT molecular complexity index is 1260. The quantitative estimate of drug-likeness (QED) is 0.202. The van der Waals surface area contributed by atoms with E-state index in [1.165, 1.54) is 18.2 Å². The number of aliphatic imine (C=N–C) groups is 1. The predicted octanol–water partition coefficient (Wildman–Crippen LogP) is 5.24. The Hall–Kier alpha value is -4.26. The molecule has 0 amide bonds. The van der Waals surface area contributed by atoms with Crippen molar-refractivity contribution in [1.82, 2.24) is 0 Å². The van der Waals surface area contributed by atoms with Gasteiger partial charge >= 0.3 is 5.63 Å². The maximum Gasteiger partial charge on any atom is 0.339 e. The zero-order valence-electron chi connectivity index (χ0n) is 15.0. The SMILES string of the molecule is O=c1cc(Oc2ccc(N=Cc3ccc([N+](=O)[O-])cc3)cc2)c2ccccc2o1. The summed E-state index contributed by atoms with van der Waals surface area (Å²) in [6.07, 6.45) is 1.62. The van der Waals surface area contributed by atoms with Gasteiger partial charge in [-0.2, -0.15) is 0 Å². The number of nitro benzene ring substituents is 1. The minimum absolute atomic E-state index is 0.0334.